The van der Waals surface area contributed by atoms with E-state index in [0.717, 1.165) is 17.0 Å². The van der Waals surface area contributed by atoms with Gasteiger partial charge in [-0.3, -0.25) is 9.78 Å². The van der Waals surface area contributed by atoms with E-state index in [1.54, 1.807) is 18.2 Å². The van der Waals surface area contributed by atoms with Crippen molar-refractivity contribution in [3.63, 3.8) is 0 Å². The first kappa shape index (κ1) is 17.0. The van der Waals surface area contributed by atoms with Crippen molar-refractivity contribution in [1.82, 2.24) is 4.98 Å². The molecule has 4 nitrogen and oxygen atoms in total. The number of rotatable bonds is 5. The first-order chi connectivity index (χ1) is 12.1. The molecule has 3 rings (SSSR count). The molecule has 0 fully saturated rings. The second-order valence-electron chi connectivity index (χ2n) is 5.56. The number of aryl methyl sites for hydroxylation is 1. The number of halogens is 1. The average molecular weight is 353 g/mol. The van der Waals surface area contributed by atoms with Crippen LogP contribution >= 0.6 is 11.6 Å². The van der Waals surface area contributed by atoms with E-state index >= 15 is 0 Å². The van der Waals surface area contributed by atoms with Crippen LogP contribution in [0.25, 0.3) is 0 Å². The maximum absolute atomic E-state index is 12.3. The number of amides is 1. The summed E-state index contributed by atoms with van der Waals surface area (Å²) in [6, 6.07) is 18.8. The molecule has 1 aromatic heterocycles. The molecule has 0 radical (unpaired) electrons. The molecule has 1 N–H and O–H groups in total. The number of hydrogen-bond acceptors (Lipinski definition) is 3. The van der Waals surface area contributed by atoms with Crippen molar-refractivity contribution in [2.75, 3.05) is 5.32 Å². The zero-order valence-electron chi connectivity index (χ0n) is 13.7. The van der Waals surface area contributed by atoms with Gasteiger partial charge in [-0.05, 0) is 42.8 Å². The summed E-state index contributed by atoms with van der Waals surface area (Å²) in [5, 5.41) is 3.18. The van der Waals surface area contributed by atoms with E-state index in [4.69, 9.17) is 16.3 Å². The van der Waals surface area contributed by atoms with Gasteiger partial charge in [-0.2, -0.15) is 0 Å². The number of nitrogens with one attached hydrogen (secondary N) is 1. The molecule has 1 heterocycles. The molecule has 0 bridgehead atoms. The molecule has 5 heteroatoms. The quantitative estimate of drug-likeness (QED) is 0.712. The van der Waals surface area contributed by atoms with Gasteiger partial charge in [-0.1, -0.05) is 41.9 Å². The number of carbonyl (C=O) groups is 1. The van der Waals surface area contributed by atoms with Gasteiger partial charge >= 0.3 is 0 Å². The summed E-state index contributed by atoms with van der Waals surface area (Å²) in [7, 11) is 0. The largest absolute Gasteiger partial charge is 0.489 e. The topological polar surface area (TPSA) is 51.2 Å². The lowest BCUT2D eigenvalue weighted by atomic mass is 10.2. The Kier molecular flexibility index (Phi) is 5.31. The van der Waals surface area contributed by atoms with Crippen LogP contribution in [0, 0.1) is 6.92 Å². The van der Waals surface area contributed by atoms with E-state index in [1.165, 1.54) is 6.20 Å². The first-order valence-electron chi connectivity index (χ1n) is 7.82. The van der Waals surface area contributed by atoms with Gasteiger partial charge in [-0.15, -0.1) is 0 Å². The molecule has 0 saturated heterocycles. The zero-order chi connectivity index (χ0) is 17.6. The summed E-state index contributed by atoms with van der Waals surface area (Å²) in [6.07, 6.45) is 1.48. The first-order valence-corrected chi connectivity index (χ1v) is 8.20. The molecule has 25 heavy (non-hydrogen) atoms. The molecule has 0 aliphatic heterocycles. The van der Waals surface area contributed by atoms with Crippen LogP contribution in [0.15, 0.2) is 66.9 Å². The monoisotopic (exact) mass is 352 g/mol. The van der Waals surface area contributed by atoms with Gasteiger partial charge in [0.05, 0.1) is 10.6 Å². The molecule has 2 aromatic carbocycles. The fourth-order valence-electron chi connectivity index (χ4n) is 2.27. The lowest BCUT2D eigenvalue weighted by Crippen LogP contribution is -2.13. The maximum atomic E-state index is 12.3. The minimum Gasteiger partial charge on any atom is -0.489 e. The normalized spacial score (nSPS) is 10.3. The van der Waals surface area contributed by atoms with Crippen LogP contribution in [-0.2, 0) is 6.61 Å². The van der Waals surface area contributed by atoms with Crippen LogP contribution in [0.4, 0.5) is 5.69 Å². The molecule has 0 saturated carbocycles. The molecule has 0 aliphatic rings. The van der Waals surface area contributed by atoms with E-state index in [2.05, 4.69) is 10.3 Å². The molecule has 0 atom stereocenters. The van der Waals surface area contributed by atoms with Gasteiger partial charge in [0.15, 0.2) is 0 Å². The number of anilines is 1. The van der Waals surface area contributed by atoms with Gasteiger partial charge < -0.3 is 10.1 Å². The molecule has 1 amide bonds. The third kappa shape index (κ3) is 4.58. The van der Waals surface area contributed by atoms with Gasteiger partial charge in [0.1, 0.15) is 12.4 Å². The van der Waals surface area contributed by atoms with Crippen molar-refractivity contribution in [3.05, 3.63) is 88.7 Å². The molecular weight excluding hydrogens is 336 g/mol. The number of carbonyl (C=O) groups excluding carboxylic acids is 1. The number of aromatic nitrogens is 1. The van der Waals surface area contributed by atoms with E-state index in [0.29, 0.717) is 22.9 Å². The number of hydrogen-bond donors (Lipinski definition) is 1. The van der Waals surface area contributed by atoms with Crippen molar-refractivity contribution in [3.8, 4) is 5.75 Å². The number of pyridine rings is 1. The summed E-state index contributed by atoms with van der Waals surface area (Å²) < 4.78 is 5.73. The summed E-state index contributed by atoms with van der Waals surface area (Å²) in [6.45, 7) is 2.32. The van der Waals surface area contributed by atoms with Crippen molar-refractivity contribution >= 4 is 23.2 Å². The van der Waals surface area contributed by atoms with Gasteiger partial charge in [-0.25, -0.2) is 0 Å². The van der Waals surface area contributed by atoms with Crippen LogP contribution in [-0.4, -0.2) is 10.9 Å². The van der Waals surface area contributed by atoms with Crippen molar-refractivity contribution < 1.29 is 9.53 Å². The Balaban J connectivity index is 1.61. The Morgan fingerprint density at radius 1 is 1.12 bits per heavy atom. The highest BCUT2D eigenvalue weighted by molar-refractivity contribution is 6.34. The lowest BCUT2D eigenvalue weighted by molar-refractivity contribution is 0.102. The highest BCUT2D eigenvalue weighted by atomic mass is 35.5. The highest BCUT2D eigenvalue weighted by Crippen LogP contribution is 2.20. The van der Waals surface area contributed by atoms with Gasteiger partial charge in [0.2, 0.25) is 0 Å². The average Bonchev–Trinajstić information content (AvgIpc) is 2.62. The summed E-state index contributed by atoms with van der Waals surface area (Å²) in [5.74, 6) is 0.437. The van der Waals surface area contributed by atoms with Crippen LogP contribution < -0.4 is 10.1 Å². The van der Waals surface area contributed by atoms with Gasteiger partial charge in [0, 0.05) is 17.6 Å². The Labute approximate surface area is 151 Å². The minimum absolute atomic E-state index is 0.296. The van der Waals surface area contributed by atoms with Crippen LogP contribution in [0.1, 0.15) is 21.6 Å². The molecule has 0 unspecified atom stereocenters. The fourth-order valence-corrected chi connectivity index (χ4v) is 2.56. The predicted octanol–water partition coefficient (Wildman–Crippen LogP) is 4.87. The van der Waals surface area contributed by atoms with Gasteiger partial charge in [0.25, 0.3) is 5.91 Å². The third-order valence-electron chi connectivity index (χ3n) is 3.60. The smallest absolute Gasteiger partial charge is 0.258 e. The molecule has 0 spiro atoms. The predicted molar refractivity (Wildman–Crippen MR) is 99.2 cm³/mol. The van der Waals surface area contributed by atoms with Crippen molar-refractivity contribution in [2.45, 2.75) is 13.5 Å². The van der Waals surface area contributed by atoms with Crippen LogP contribution in [0.2, 0.25) is 5.02 Å². The van der Waals surface area contributed by atoms with E-state index in [9.17, 15) is 4.79 Å². The molecule has 3 aromatic rings. The molecule has 0 aliphatic carbocycles. The number of benzene rings is 2. The van der Waals surface area contributed by atoms with Crippen LogP contribution in [0.5, 0.6) is 5.75 Å². The summed E-state index contributed by atoms with van der Waals surface area (Å²) >= 11 is 6.09. The van der Waals surface area contributed by atoms with E-state index in [1.807, 2.05) is 49.4 Å². The Morgan fingerprint density at radius 2 is 1.84 bits per heavy atom. The third-order valence-corrected chi connectivity index (χ3v) is 3.91. The Bertz CT molecular complexity index is 865. The summed E-state index contributed by atoms with van der Waals surface area (Å²) in [4.78, 5) is 16.4. The van der Waals surface area contributed by atoms with Crippen molar-refractivity contribution in [2.24, 2.45) is 0 Å². The zero-order valence-corrected chi connectivity index (χ0v) is 14.5. The Morgan fingerprint density at radius 3 is 2.52 bits per heavy atom. The maximum Gasteiger partial charge on any atom is 0.258 e. The summed E-state index contributed by atoms with van der Waals surface area (Å²) in [5.41, 5.74) is 2.87. The lowest BCUT2D eigenvalue weighted by Gasteiger charge is -2.09. The SMILES string of the molecule is Cc1cc(Cl)c(C(=O)Nc2ccc(OCc3ccccc3)cc2)cn1. The second-order valence-corrected chi connectivity index (χ2v) is 5.97. The van der Waals surface area contributed by atoms with E-state index < -0.39 is 0 Å². The Hall–Kier alpha value is -2.85. The fraction of sp³-hybridized carbons (Fsp3) is 0.100. The second kappa shape index (κ2) is 7.81. The number of nitrogens with zero attached hydrogens (tertiary/aromatic N) is 1. The van der Waals surface area contributed by atoms with Crippen molar-refractivity contribution in [1.29, 1.82) is 0 Å². The number of ether oxygens (including phenoxy) is 1. The highest BCUT2D eigenvalue weighted by Gasteiger charge is 2.11. The minimum atomic E-state index is -0.296. The van der Waals surface area contributed by atoms with E-state index in [-0.39, 0.29) is 5.91 Å². The van der Waals surface area contributed by atoms with Crippen LogP contribution in [0.3, 0.4) is 0 Å². The molecule has 126 valence electrons. The standard InChI is InChI=1S/C20H17ClN2O2/c1-14-11-19(21)18(12-22-14)20(24)23-16-7-9-17(10-8-16)25-13-15-5-3-2-4-6-15/h2-12H,13H2,1H3,(H,23,24). The molecular formula is C20H17ClN2O2.